The number of morpholine rings is 1. The lowest BCUT2D eigenvalue weighted by Crippen LogP contribution is -2.46. The second-order valence-corrected chi connectivity index (χ2v) is 5.34. The fraction of sp³-hybridized carbons (Fsp3) is 0.538. The van der Waals surface area contributed by atoms with E-state index in [-0.39, 0.29) is 18.4 Å². The number of carbonyl (C=O) groups excluding carboxylic acids is 1. The molecule has 5 nitrogen and oxygen atoms in total. The molecule has 0 aliphatic carbocycles. The van der Waals surface area contributed by atoms with Gasteiger partial charge in [0.05, 0.1) is 19.1 Å². The SMILES string of the molecule is O=C(O)CC1CN(C(=O)CCc2ccsc2)CCO1. The molecular formula is C13H17NO4S. The van der Waals surface area contributed by atoms with Crippen LogP contribution in [0, 0.1) is 0 Å². The highest BCUT2D eigenvalue weighted by Gasteiger charge is 2.25. The molecule has 0 aromatic carbocycles. The number of carboxylic acids is 1. The molecule has 0 bridgehead atoms. The van der Waals surface area contributed by atoms with Crippen LogP contribution >= 0.6 is 11.3 Å². The first-order valence-corrected chi connectivity index (χ1v) is 7.21. The summed E-state index contributed by atoms with van der Waals surface area (Å²) in [5, 5.41) is 12.8. The average molecular weight is 283 g/mol. The maximum Gasteiger partial charge on any atom is 0.306 e. The van der Waals surface area contributed by atoms with Crippen LogP contribution in [-0.4, -0.2) is 47.7 Å². The molecule has 1 aliphatic heterocycles. The standard InChI is InChI=1S/C13H17NO4S/c15-12(2-1-10-3-6-19-9-10)14-4-5-18-11(8-14)7-13(16)17/h3,6,9,11H,1-2,4-5,7-8H2,(H,16,17). The van der Waals surface area contributed by atoms with E-state index in [0.717, 1.165) is 6.42 Å². The summed E-state index contributed by atoms with van der Waals surface area (Å²) >= 11 is 1.62. The monoisotopic (exact) mass is 283 g/mol. The summed E-state index contributed by atoms with van der Waals surface area (Å²) < 4.78 is 5.35. The van der Waals surface area contributed by atoms with Gasteiger partial charge in [-0.3, -0.25) is 9.59 Å². The zero-order valence-electron chi connectivity index (χ0n) is 10.6. The zero-order chi connectivity index (χ0) is 13.7. The van der Waals surface area contributed by atoms with Gasteiger partial charge in [0.2, 0.25) is 5.91 Å². The maximum absolute atomic E-state index is 12.1. The molecule has 2 rings (SSSR count). The Morgan fingerprint density at radius 2 is 2.37 bits per heavy atom. The number of aryl methyl sites for hydroxylation is 1. The van der Waals surface area contributed by atoms with Crippen molar-refractivity contribution in [2.24, 2.45) is 0 Å². The molecule has 1 aliphatic rings. The maximum atomic E-state index is 12.1. The molecule has 1 N–H and O–H groups in total. The average Bonchev–Trinajstić information content (AvgIpc) is 2.88. The number of thiophene rings is 1. The Hall–Kier alpha value is -1.40. The number of nitrogens with zero attached hydrogens (tertiary/aromatic N) is 1. The topological polar surface area (TPSA) is 66.8 Å². The van der Waals surface area contributed by atoms with Crippen molar-refractivity contribution in [3.8, 4) is 0 Å². The molecule has 19 heavy (non-hydrogen) atoms. The molecule has 0 saturated carbocycles. The molecule has 0 radical (unpaired) electrons. The Labute approximate surface area is 115 Å². The summed E-state index contributed by atoms with van der Waals surface area (Å²) in [5.74, 6) is -0.817. The Kier molecular flexibility index (Phi) is 4.93. The third-order valence-corrected chi connectivity index (χ3v) is 3.83. The van der Waals surface area contributed by atoms with E-state index in [1.807, 2.05) is 16.8 Å². The quantitative estimate of drug-likeness (QED) is 0.886. The van der Waals surface area contributed by atoms with Crippen LogP contribution in [0.25, 0.3) is 0 Å². The van der Waals surface area contributed by atoms with Crippen LogP contribution in [0.2, 0.25) is 0 Å². The van der Waals surface area contributed by atoms with Gasteiger partial charge in [0.25, 0.3) is 0 Å². The largest absolute Gasteiger partial charge is 0.481 e. The Balaban J connectivity index is 1.79. The van der Waals surface area contributed by atoms with Crippen molar-refractivity contribution >= 4 is 23.2 Å². The zero-order valence-corrected chi connectivity index (χ0v) is 11.4. The van der Waals surface area contributed by atoms with E-state index in [2.05, 4.69) is 0 Å². The lowest BCUT2D eigenvalue weighted by atomic mass is 10.1. The summed E-state index contributed by atoms with van der Waals surface area (Å²) in [6, 6.07) is 2.02. The minimum Gasteiger partial charge on any atom is -0.481 e. The minimum absolute atomic E-state index is 0.0473. The highest BCUT2D eigenvalue weighted by atomic mass is 32.1. The van der Waals surface area contributed by atoms with Gasteiger partial charge >= 0.3 is 5.97 Å². The van der Waals surface area contributed by atoms with Crippen molar-refractivity contribution in [1.29, 1.82) is 0 Å². The van der Waals surface area contributed by atoms with Crippen LogP contribution in [0.15, 0.2) is 16.8 Å². The molecule has 1 aromatic heterocycles. The van der Waals surface area contributed by atoms with Crippen molar-refractivity contribution in [3.05, 3.63) is 22.4 Å². The third-order valence-electron chi connectivity index (χ3n) is 3.10. The van der Waals surface area contributed by atoms with Crippen LogP contribution in [-0.2, 0) is 20.7 Å². The van der Waals surface area contributed by atoms with E-state index in [9.17, 15) is 9.59 Å². The Morgan fingerprint density at radius 1 is 1.53 bits per heavy atom. The van der Waals surface area contributed by atoms with E-state index < -0.39 is 5.97 Å². The van der Waals surface area contributed by atoms with Crippen molar-refractivity contribution in [2.45, 2.75) is 25.4 Å². The fourth-order valence-corrected chi connectivity index (χ4v) is 2.81. The van der Waals surface area contributed by atoms with E-state index in [0.29, 0.717) is 26.1 Å². The molecule has 1 amide bonds. The van der Waals surface area contributed by atoms with Gasteiger partial charge in [0.15, 0.2) is 0 Å². The number of carboxylic acid groups (broad SMARTS) is 1. The summed E-state index contributed by atoms with van der Waals surface area (Å²) in [6.07, 6.45) is 0.782. The number of rotatable bonds is 5. The van der Waals surface area contributed by atoms with Crippen molar-refractivity contribution < 1.29 is 19.4 Å². The summed E-state index contributed by atoms with van der Waals surface area (Å²) in [4.78, 5) is 24.4. The predicted molar refractivity (Wildman–Crippen MR) is 71.2 cm³/mol. The number of ether oxygens (including phenoxy) is 1. The summed E-state index contributed by atoms with van der Waals surface area (Å²) in [6.45, 7) is 1.36. The molecule has 1 aromatic rings. The molecule has 2 heterocycles. The van der Waals surface area contributed by atoms with Crippen molar-refractivity contribution in [3.63, 3.8) is 0 Å². The van der Waals surface area contributed by atoms with Gasteiger partial charge in [0.1, 0.15) is 0 Å². The lowest BCUT2D eigenvalue weighted by Gasteiger charge is -2.32. The van der Waals surface area contributed by atoms with Crippen LogP contribution in [0.1, 0.15) is 18.4 Å². The highest BCUT2D eigenvalue weighted by molar-refractivity contribution is 7.07. The van der Waals surface area contributed by atoms with Crippen molar-refractivity contribution in [1.82, 2.24) is 4.90 Å². The van der Waals surface area contributed by atoms with Gasteiger partial charge in [-0.2, -0.15) is 11.3 Å². The van der Waals surface area contributed by atoms with Crippen LogP contribution in [0.3, 0.4) is 0 Å². The smallest absolute Gasteiger partial charge is 0.306 e. The van der Waals surface area contributed by atoms with Crippen LogP contribution < -0.4 is 0 Å². The predicted octanol–water partition coefficient (Wildman–Crippen LogP) is 1.38. The first-order chi connectivity index (χ1) is 9.15. The van der Waals surface area contributed by atoms with Crippen molar-refractivity contribution in [2.75, 3.05) is 19.7 Å². The third kappa shape index (κ3) is 4.33. The molecule has 1 atom stereocenters. The Morgan fingerprint density at radius 3 is 3.05 bits per heavy atom. The second-order valence-electron chi connectivity index (χ2n) is 4.56. The van der Waals surface area contributed by atoms with Gasteiger partial charge < -0.3 is 14.7 Å². The normalized spacial score (nSPS) is 19.4. The second kappa shape index (κ2) is 6.68. The molecule has 1 fully saturated rings. The molecule has 104 valence electrons. The number of carbonyl (C=O) groups is 2. The lowest BCUT2D eigenvalue weighted by molar-refractivity contribution is -0.147. The van der Waals surface area contributed by atoms with Gasteiger partial charge in [0, 0.05) is 19.5 Å². The number of aliphatic carboxylic acids is 1. The minimum atomic E-state index is -0.891. The van der Waals surface area contributed by atoms with Crippen LogP contribution in [0.5, 0.6) is 0 Å². The first-order valence-electron chi connectivity index (χ1n) is 6.27. The van der Waals surface area contributed by atoms with Crippen LogP contribution in [0.4, 0.5) is 0 Å². The fourth-order valence-electron chi connectivity index (χ4n) is 2.11. The molecular weight excluding hydrogens is 266 g/mol. The molecule has 0 spiro atoms. The van der Waals surface area contributed by atoms with E-state index in [1.54, 1.807) is 16.2 Å². The number of hydrogen-bond acceptors (Lipinski definition) is 4. The van der Waals surface area contributed by atoms with Gasteiger partial charge in [-0.25, -0.2) is 0 Å². The highest BCUT2D eigenvalue weighted by Crippen LogP contribution is 2.13. The van der Waals surface area contributed by atoms with E-state index in [4.69, 9.17) is 9.84 Å². The summed E-state index contributed by atoms with van der Waals surface area (Å²) in [5.41, 5.74) is 1.17. The number of amides is 1. The molecule has 1 saturated heterocycles. The Bertz CT molecular complexity index is 432. The molecule has 1 unspecified atom stereocenters. The molecule has 6 heteroatoms. The van der Waals surface area contributed by atoms with Gasteiger partial charge in [-0.05, 0) is 28.8 Å². The summed E-state index contributed by atoms with van der Waals surface area (Å²) in [7, 11) is 0. The van der Waals surface area contributed by atoms with Gasteiger partial charge in [-0.15, -0.1) is 0 Å². The number of hydrogen-bond donors (Lipinski definition) is 1. The van der Waals surface area contributed by atoms with E-state index >= 15 is 0 Å². The van der Waals surface area contributed by atoms with Gasteiger partial charge in [-0.1, -0.05) is 0 Å². The first kappa shape index (κ1) is 14.0. The van der Waals surface area contributed by atoms with E-state index in [1.165, 1.54) is 5.56 Å².